The van der Waals surface area contributed by atoms with E-state index in [0.717, 1.165) is 18.3 Å². The van der Waals surface area contributed by atoms with Crippen molar-refractivity contribution in [3.63, 3.8) is 0 Å². The van der Waals surface area contributed by atoms with Crippen LogP contribution in [-0.4, -0.2) is 29.6 Å². The highest BCUT2D eigenvalue weighted by molar-refractivity contribution is 5.81. The third-order valence-electron chi connectivity index (χ3n) is 4.77. The molecule has 1 aliphatic carbocycles. The molecule has 18 heavy (non-hydrogen) atoms. The van der Waals surface area contributed by atoms with E-state index in [2.05, 4.69) is 37.9 Å². The van der Waals surface area contributed by atoms with Crippen LogP contribution in [0.4, 0.5) is 0 Å². The molecule has 4 atom stereocenters. The van der Waals surface area contributed by atoms with Crippen molar-refractivity contribution in [2.45, 2.75) is 65.6 Å². The van der Waals surface area contributed by atoms with E-state index in [4.69, 9.17) is 0 Å². The van der Waals surface area contributed by atoms with Crippen molar-refractivity contribution in [1.29, 1.82) is 0 Å². The zero-order chi connectivity index (χ0) is 13.3. The van der Waals surface area contributed by atoms with Crippen molar-refractivity contribution >= 4 is 5.91 Å². The van der Waals surface area contributed by atoms with Gasteiger partial charge in [0.25, 0.3) is 0 Å². The van der Waals surface area contributed by atoms with Gasteiger partial charge in [0.1, 0.15) is 0 Å². The highest BCUT2D eigenvalue weighted by Gasteiger charge is 2.38. The zero-order valence-corrected chi connectivity index (χ0v) is 12.3. The maximum Gasteiger partial charge on any atom is 0.238 e. The predicted molar refractivity (Wildman–Crippen MR) is 74.1 cm³/mol. The monoisotopic (exact) mass is 252 g/mol. The second kappa shape index (κ2) is 5.60. The molecule has 2 rings (SSSR count). The summed E-state index contributed by atoms with van der Waals surface area (Å²) in [5, 5.41) is 3.39. The van der Waals surface area contributed by atoms with Crippen molar-refractivity contribution in [3.8, 4) is 0 Å². The molecule has 0 spiro atoms. The molecule has 0 bridgehead atoms. The van der Waals surface area contributed by atoms with E-state index in [1.54, 1.807) is 0 Å². The van der Waals surface area contributed by atoms with Gasteiger partial charge in [-0.3, -0.25) is 10.1 Å². The van der Waals surface area contributed by atoms with Crippen molar-refractivity contribution in [2.24, 2.45) is 17.8 Å². The fraction of sp³-hybridized carbons (Fsp3) is 0.933. The van der Waals surface area contributed by atoms with Gasteiger partial charge in [0.15, 0.2) is 0 Å². The topological polar surface area (TPSA) is 32.3 Å². The summed E-state index contributed by atoms with van der Waals surface area (Å²) in [6, 6.07) is 0.474. The minimum atomic E-state index is 0.281. The van der Waals surface area contributed by atoms with E-state index in [-0.39, 0.29) is 6.17 Å². The first-order valence-corrected chi connectivity index (χ1v) is 7.53. The van der Waals surface area contributed by atoms with Crippen molar-refractivity contribution < 1.29 is 4.79 Å². The van der Waals surface area contributed by atoms with Crippen LogP contribution in [0.15, 0.2) is 0 Å². The largest absolute Gasteiger partial charge is 0.323 e. The normalized spacial score (nSPS) is 37.6. The lowest BCUT2D eigenvalue weighted by Gasteiger charge is -2.40. The molecule has 0 aromatic carbocycles. The maximum absolute atomic E-state index is 12.1. The summed E-state index contributed by atoms with van der Waals surface area (Å²) in [6.07, 6.45) is 5.00. The van der Waals surface area contributed by atoms with Gasteiger partial charge < -0.3 is 4.90 Å². The first-order valence-electron chi connectivity index (χ1n) is 7.53. The Labute approximate surface area is 111 Å². The lowest BCUT2D eigenvalue weighted by molar-refractivity contribution is -0.131. The third kappa shape index (κ3) is 2.87. The van der Waals surface area contributed by atoms with Crippen molar-refractivity contribution in [2.75, 3.05) is 6.54 Å². The minimum Gasteiger partial charge on any atom is -0.323 e. The van der Waals surface area contributed by atoms with Gasteiger partial charge in [-0.2, -0.15) is 0 Å². The molecule has 1 amide bonds. The van der Waals surface area contributed by atoms with Crippen LogP contribution < -0.4 is 5.32 Å². The number of hydrogen-bond acceptors (Lipinski definition) is 2. The molecule has 2 aliphatic rings. The Morgan fingerprint density at radius 2 is 2.00 bits per heavy atom. The van der Waals surface area contributed by atoms with Crippen LogP contribution in [0.3, 0.4) is 0 Å². The molecular formula is C15H28N2O. The number of nitrogens with one attached hydrogen (secondary N) is 1. The quantitative estimate of drug-likeness (QED) is 0.837. The van der Waals surface area contributed by atoms with Crippen LogP contribution in [-0.2, 0) is 4.79 Å². The van der Waals surface area contributed by atoms with E-state index in [1.807, 2.05) is 0 Å². The lowest BCUT2D eigenvalue weighted by Crippen LogP contribution is -2.47. The second-order valence-electron chi connectivity index (χ2n) is 6.75. The second-order valence-corrected chi connectivity index (χ2v) is 6.75. The Hall–Kier alpha value is -0.570. The van der Waals surface area contributed by atoms with E-state index in [1.165, 1.54) is 19.3 Å². The van der Waals surface area contributed by atoms with Crippen LogP contribution in [0.5, 0.6) is 0 Å². The molecule has 0 radical (unpaired) electrons. The Bertz CT molecular complexity index is 303. The highest BCUT2D eigenvalue weighted by Crippen LogP contribution is 2.34. The molecule has 1 saturated carbocycles. The number of carbonyl (C=O) groups excluding carboxylic acids is 1. The molecule has 3 nitrogen and oxygen atoms in total. The van der Waals surface area contributed by atoms with Crippen molar-refractivity contribution in [1.82, 2.24) is 10.2 Å². The molecule has 2 fully saturated rings. The number of amides is 1. The van der Waals surface area contributed by atoms with Gasteiger partial charge in [0, 0.05) is 6.04 Å². The molecule has 1 N–H and O–H groups in total. The van der Waals surface area contributed by atoms with Gasteiger partial charge in [0.05, 0.1) is 12.7 Å². The summed E-state index contributed by atoms with van der Waals surface area (Å²) in [4.78, 5) is 14.3. The first-order chi connectivity index (χ1) is 8.49. The lowest BCUT2D eigenvalue weighted by atomic mass is 9.78. The highest BCUT2D eigenvalue weighted by atomic mass is 16.2. The van der Waals surface area contributed by atoms with Crippen LogP contribution in [0.25, 0.3) is 0 Å². The van der Waals surface area contributed by atoms with E-state index in [9.17, 15) is 4.79 Å². The summed E-state index contributed by atoms with van der Waals surface area (Å²) in [5.41, 5.74) is 0. The fourth-order valence-electron chi connectivity index (χ4n) is 3.44. The number of hydrogen-bond donors (Lipinski definition) is 1. The number of nitrogens with zero attached hydrogens (tertiary/aromatic N) is 1. The van der Waals surface area contributed by atoms with Crippen LogP contribution in [0.2, 0.25) is 0 Å². The SMILES string of the molecule is CC(C)CC1NCC(=O)N1C1CCC(C)C(C)C1. The Balaban J connectivity index is 2.02. The van der Waals surface area contributed by atoms with Gasteiger partial charge in [-0.25, -0.2) is 0 Å². The molecule has 1 heterocycles. The standard InChI is InChI=1S/C15H28N2O/c1-10(2)7-14-16-9-15(18)17(14)13-6-5-11(3)12(4)8-13/h10-14,16H,5-9H2,1-4H3. The van der Waals surface area contributed by atoms with Crippen molar-refractivity contribution in [3.05, 3.63) is 0 Å². The minimum absolute atomic E-state index is 0.281. The van der Waals surface area contributed by atoms with Gasteiger partial charge in [0.2, 0.25) is 5.91 Å². The molecule has 3 heteroatoms. The van der Waals surface area contributed by atoms with Crippen LogP contribution in [0.1, 0.15) is 53.4 Å². The van der Waals surface area contributed by atoms with Gasteiger partial charge in [-0.1, -0.05) is 27.7 Å². The average Bonchev–Trinajstić information content (AvgIpc) is 2.63. The predicted octanol–water partition coefficient (Wildman–Crippen LogP) is 2.62. The molecule has 4 unspecified atom stereocenters. The summed E-state index contributed by atoms with van der Waals surface area (Å²) < 4.78 is 0. The number of carbonyl (C=O) groups is 1. The van der Waals surface area contributed by atoms with Crippen LogP contribution >= 0.6 is 0 Å². The summed E-state index contributed by atoms with van der Waals surface area (Å²) in [7, 11) is 0. The Morgan fingerprint density at radius 3 is 2.61 bits per heavy atom. The maximum atomic E-state index is 12.1. The third-order valence-corrected chi connectivity index (χ3v) is 4.77. The van der Waals surface area contributed by atoms with E-state index in [0.29, 0.717) is 24.4 Å². The zero-order valence-electron chi connectivity index (χ0n) is 12.3. The summed E-state index contributed by atoms with van der Waals surface area (Å²) >= 11 is 0. The van der Waals surface area contributed by atoms with Gasteiger partial charge >= 0.3 is 0 Å². The molecule has 0 aromatic heterocycles. The first kappa shape index (κ1) is 13.9. The summed E-state index contributed by atoms with van der Waals surface area (Å²) in [5.74, 6) is 2.51. The smallest absolute Gasteiger partial charge is 0.238 e. The molecular weight excluding hydrogens is 224 g/mol. The summed E-state index contributed by atoms with van der Waals surface area (Å²) in [6.45, 7) is 9.68. The van der Waals surface area contributed by atoms with E-state index >= 15 is 0 Å². The van der Waals surface area contributed by atoms with Crippen LogP contribution in [0, 0.1) is 17.8 Å². The molecule has 1 saturated heterocycles. The van der Waals surface area contributed by atoms with Gasteiger partial charge in [-0.05, 0) is 43.4 Å². The number of rotatable bonds is 3. The average molecular weight is 252 g/mol. The molecule has 0 aromatic rings. The Morgan fingerprint density at radius 1 is 1.28 bits per heavy atom. The molecule has 1 aliphatic heterocycles. The fourth-order valence-corrected chi connectivity index (χ4v) is 3.44. The Kier molecular flexibility index (Phi) is 4.31. The van der Waals surface area contributed by atoms with E-state index < -0.39 is 0 Å². The molecule has 104 valence electrons. The van der Waals surface area contributed by atoms with Gasteiger partial charge in [-0.15, -0.1) is 0 Å².